The summed E-state index contributed by atoms with van der Waals surface area (Å²) in [5.41, 5.74) is -2.10. The largest absolute Gasteiger partial charge is 0.457 e. The number of nitrogens with zero attached hydrogens (tertiary/aromatic N) is 1. The second-order valence-corrected chi connectivity index (χ2v) is 9.16. The van der Waals surface area contributed by atoms with Crippen LogP contribution in [0.15, 0.2) is 41.3 Å². The molecule has 1 heterocycles. The number of aryl methyl sites for hydroxylation is 2. The van der Waals surface area contributed by atoms with Crippen molar-refractivity contribution in [3.63, 3.8) is 0 Å². The van der Waals surface area contributed by atoms with E-state index in [1.54, 1.807) is 19.1 Å². The number of benzene rings is 2. The van der Waals surface area contributed by atoms with Gasteiger partial charge in [-0.25, -0.2) is 4.98 Å². The number of hydrogen-bond acceptors (Lipinski definition) is 6. The van der Waals surface area contributed by atoms with Crippen molar-refractivity contribution in [1.29, 1.82) is 0 Å². The zero-order chi connectivity index (χ0) is 25.1. The maximum Gasteiger partial charge on any atom is 0.417 e. The van der Waals surface area contributed by atoms with Gasteiger partial charge in [-0.3, -0.25) is 4.79 Å². The molecule has 0 fully saturated rings. The van der Waals surface area contributed by atoms with E-state index in [4.69, 9.17) is 4.74 Å². The van der Waals surface area contributed by atoms with E-state index in [9.17, 15) is 31.1 Å². The number of carbonyl (C=O) groups excluding carboxylic acids is 1. The van der Waals surface area contributed by atoms with Crippen LogP contribution in [0.1, 0.15) is 27.3 Å². The van der Waals surface area contributed by atoms with Gasteiger partial charge in [0, 0.05) is 21.1 Å². The Morgan fingerprint density at radius 2 is 1.71 bits per heavy atom. The van der Waals surface area contributed by atoms with Gasteiger partial charge in [-0.05, 0) is 49.7 Å². The third kappa shape index (κ3) is 6.23. The normalized spacial score (nSPS) is 12.0. The van der Waals surface area contributed by atoms with Crippen molar-refractivity contribution >= 4 is 29.6 Å². The molecular formula is C22H17F6NO3S2. The highest BCUT2D eigenvalue weighted by molar-refractivity contribution is 7.98. The first-order valence-electron chi connectivity index (χ1n) is 9.56. The summed E-state index contributed by atoms with van der Waals surface area (Å²) >= 11 is 2.59. The molecule has 0 N–H and O–H groups in total. The molecule has 12 heteroatoms. The maximum atomic E-state index is 13.3. The first kappa shape index (κ1) is 25.9. The second kappa shape index (κ2) is 10.3. The van der Waals surface area contributed by atoms with E-state index in [1.807, 2.05) is 13.0 Å². The van der Waals surface area contributed by atoms with Crippen LogP contribution in [-0.2, 0) is 27.6 Å². The number of rotatable bonds is 8. The van der Waals surface area contributed by atoms with Crippen LogP contribution in [0.5, 0.6) is 5.75 Å². The molecule has 0 unspecified atom stereocenters. The lowest BCUT2D eigenvalue weighted by molar-refractivity contribution is -0.162. The van der Waals surface area contributed by atoms with Gasteiger partial charge in [0.1, 0.15) is 10.8 Å². The number of hydrogen-bond donors (Lipinski definition) is 0. The Balaban J connectivity index is 1.79. The average molecular weight is 522 g/mol. The van der Waals surface area contributed by atoms with Gasteiger partial charge < -0.3 is 9.47 Å². The van der Waals surface area contributed by atoms with E-state index in [0.29, 0.717) is 29.3 Å². The van der Waals surface area contributed by atoms with Crippen LogP contribution in [0.25, 0.3) is 10.6 Å². The third-order valence-electron chi connectivity index (χ3n) is 4.64. The highest BCUT2D eigenvalue weighted by Crippen LogP contribution is 2.43. The predicted molar refractivity (Wildman–Crippen MR) is 116 cm³/mol. The van der Waals surface area contributed by atoms with Crippen LogP contribution in [-0.4, -0.2) is 18.2 Å². The first-order valence-corrected chi connectivity index (χ1v) is 11.4. The van der Waals surface area contributed by atoms with Crippen LogP contribution >= 0.6 is 23.1 Å². The second-order valence-electron chi connectivity index (χ2n) is 7.02. The minimum absolute atomic E-state index is 0.0282. The standard InChI is InChI=1S/C22H17F6NO3S2/c1-12-7-15(4-6-18(12)32-11-31-10-30)33-9-19-13(2)29-20(34-19)14-3-5-16(21(23,24)25)17(8-14)22(26,27)28/h3-8,10H,9,11H2,1-2H3. The monoisotopic (exact) mass is 521 g/mol. The Kier molecular flexibility index (Phi) is 7.81. The molecule has 0 aliphatic carbocycles. The average Bonchev–Trinajstić information content (AvgIpc) is 3.12. The summed E-state index contributed by atoms with van der Waals surface area (Å²) in [5.74, 6) is 1.01. The number of alkyl halides is 6. The molecule has 3 rings (SSSR count). The van der Waals surface area contributed by atoms with Crippen LogP contribution in [0.2, 0.25) is 0 Å². The molecule has 0 saturated carbocycles. The van der Waals surface area contributed by atoms with Crippen LogP contribution in [0.3, 0.4) is 0 Å². The SMILES string of the molecule is Cc1cc(SCc2sc(-c3ccc(C(F)(F)F)c(C(F)(F)F)c3)nc2C)ccc1OCOC=O. The molecule has 0 spiro atoms. The summed E-state index contributed by atoms with van der Waals surface area (Å²) < 4.78 is 88.7. The zero-order valence-corrected chi connectivity index (χ0v) is 19.3. The van der Waals surface area contributed by atoms with Crippen molar-refractivity contribution in [2.75, 3.05) is 6.79 Å². The molecule has 0 amide bonds. The van der Waals surface area contributed by atoms with E-state index in [-0.39, 0.29) is 23.8 Å². The van der Waals surface area contributed by atoms with E-state index < -0.39 is 23.5 Å². The van der Waals surface area contributed by atoms with Crippen LogP contribution < -0.4 is 4.74 Å². The fraction of sp³-hybridized carbons (Fsp3) is 0.273. The van der Waals surface area contributed by atoms with Gasteiger partial charge in [-0.2, -0.15) is 26.3 Å². The number of aromatic nitrogens is 1. The summed E-state index contributed by atoms with van der Waals surface area (Å²) in [4.78, 5) is 16.1. The fourth-order valence-corrected chi connectivity index (χ4v) is 5.19. The number of thiazole rings is 1. The lowest BCUT2D eigenvalue weighted by atomic mass is 10.0. The van der Waals surface area contributed by atoms with Gasteiger partial charge in [-0.15, -0.1) is 23.1 Å². The Labute approximate surface area is 198 Å². The van der Waals surface area contributed by atoms with Gasteiger partial charge in [0.25, 0.3) is 6.47 Å². The first-order chi connectivity index (χ1) is 15.9. The minimum Gasteiger partial charge on any atom is -0.457 e. The molecule has 0 atom stereocenters. The Hall–Kier alpha value is -2.73. The van der Waals surface area contributed by atoms with E-state index >= 15 is 0 Å². The lowest BCUT2D eigenvalue weighted by Gasteiger charge is -2.16. The van der Waals surface area contributed by atoms with Gasteiger partial charge in [0.15, 0.2) is 0 Å². The molecule has 0 aliphatic heterocycles. The summed E-state index contributed by atoms with van der Waals surface area (Å²) in [6.45, 7) is 3.58. The van der Waals surface area contributed by atoms with Crippen molar-refractivity contribution in [2.24, 2.45) is 0 Å². The number of carbonyl (C=O) groups is 1. The van der Waals surface area contributed by atoms with Crippen LogP contribution in [0.4, 0.5) is 26.3 Å². The Morgan fingerprint density at radius 3 is 2.32 bits per heavy atom. The highest BCUT2D eigenvalue weighted by atomic mass is 32.2. The molecular weight excluding hydrogens is 504 g/mol. The zero-order valence-electron chi connectivity index (χ0n) is 17.7. The Morgan fingerprint density at radius 1 is 1.00 bits per heavy atom. The molecule has 34 heavy (non-hydrogen) atoms. The van der Waals surface area contributed by atoms with E-state index in [0.717, 1.165) is 32.7 Å². The van der Waals surface area contributed by atoms with Crippen molar-refractivity contribution in [3.05, 3.63) is 63.7 Å². The summed E-state index contributed by atoms with van der Waals surface area (Å²) in [6.07, 6.45) is -10.3. The number of thioether (sulfide) groups is 1. The number of halogens is 6. The molecule has 2 aromatic carbocycles. The molecule has 4 nitrogen and oxygen atoms in total. The van der Waals surface area contributed by atoms with Crippen LogP contribution in [0, 0.1) is 13.8 Å². The van der Waals surface area contributed by atoms with Gasteiger partial charge in [-0.1, -0.05) is 6.07 Å². The third-order valence-corrected chi connectivity index (χ3v) is 7.05. The summed E-state index contributed by atoms with van der Waals surface area (Å²) in [5, 5.41) is 0.211. The topological polar surface area (TPSA) is 48.4 Å². The maximum absolute atomic E-state index is 13.3. The molecule has 0 saturated heterocycles. The number of ether oxygens (including phenoxy) is 2. The highest BCUT2D eigenvalue weighted by Gasteiger charge is 2.43. The molecule has 182 valence electrons. The molecule has 0 radical (unpaired) electrons. The van der Waals surface area contributed by atoms with E-state index in [2.05, 4.69) is 9.72 Å². The van der Waals surface area contributed by atoms with Gasteiger partial charge in [0.2, 0.25) is 6.79 Å². The van der Waals surface area contributed by atoms with Gasteiger partial charge >= 0.3 is 12.4 Å². The summed E-state index contributed by atoms with van der Waals surface area (Å²) in [6, 6.07) is 7.33. The summed E-state index contributed by atoms with van der Waals surface area (Å²) in [7, 11) is 0. The molecule has 0 aliphatic rings. The van der Waals surface area contributed by atoms with Crippen molar-refractivity contribution < 1.29 is 40.6 Å². The molecule has 1 aromatic heterocycles. The lowest BCUT2D eigenvalue weighted by Crippen LogP contribution is -2.16. The van der Waals surface area contributed by atoms with Crippen molar-refractivity contribution in [2.45, 2.75) is 36.8 Å². The molecule has 0 bridgehead atoms. The predicted octanol–water partition coefficient (Wildman–Crippen LogP) is 7.27. The molecule has 3 aromatic rings. The van der Waals surface area contributed by atoms with Crippen molar-refractivity contribution in [3.8, 4) is 16.3 Å². The Bertz CT molecular complexity index is 1170. The van der Waals surface area contributed by atoms with E-state index in [1.165, 1.54) is 11.8 Å². The quantitative estimate of drug-likeness (QED) is 0.103. The fourth-order valence-electron chi connectivity index (χ4n) is 2.99. The van der Waals surface area contributed by atoms with Crippen molar-refractivity contribution in [1.82, 2.24) is 4.98 Å². The van der Waals surface area contributed by atoms with Gasteiger partial charge in [0.05, 0.1) is 16.8 Å². The smallest absolute Gasteiger partial charge is 0.417 e. The minimum atomic E-state index is -5.15.